The number of aryl methyl sites for hydroxylation is 1. The molecule has 0 bridgehead atoms. The molecule has 0 amide bonds. The van der Waals surface area contributed by atoms with Crippen LogP contribution in [0.3, 0.4) is 0 Å². The first-order valence-corrected chi connectivity index (χ1v) is 20.3. The lowest BCUT2D eigenvalue weighted by atomic mass is 9.90. The van der Waals surface area contributed by atoms with Crippen LogP contribution in [0.1, 0.15) is 38.1 Å². The highest BCUT2D eigenvalue weighted by atomic mass is 16.6. The monoisotopic (exact) mass is 777 g/mol. The molecule has 7 rings (SSSR count). The molecule has 1 aliphatic heterocycles. The lowest BCUT2D eigenvalue weighted by molar-refractivity contribution is -0.697. The largest absolute Gasteiger partial charge is 0.490 e. The number of hydrogen-bond acceptors (Lipinski definition) is 6. The van der Waals surface area contributed by atoms with Gasteiger partial charge in [0, 0.05) is 77.8 Å². The van der Waals surface area contributed by atoms with Crippen molar-refractivity contribution in [2.24, 2.45) is 7.05 Å². The van der Waals surface area contributed by atoms with Crippen LogP contribution in [0, 0.1) is 0 Å². The Balaban J connectivity index is 1.03. The third-order valence-corrected chi connectivity index (χ3v) is 10.6. The number of ether oxygens (including phenoxy) is 3. The summed E-state index contributed by atoms with van der Waals surface area (Å²) in [5, 5.41) is 2.02. The quantitative estimate of drug-likeness (QED) is 0.0430. The van der Waals surface area contributed by atoms with Crippen LogP contribution in [0.15, 0.2) is 138 Å². The lowest BCUT2D eigenvalue weighted by Gasteiger charge is -2.22. The number of aromatic nitrogens is 2. The molecule has 3 heterocycles. The zero-order valence-electron chi connectivity index (χ0n) is 34.2. The number of hydrogen-bond donors (Lipinski definition) is 0. The van der Waals surface area contributed by atoms with Gasteiger partial charge in [0.2, 0.25) is 5.36 Å². The van der Waals surface area contributed by atoms with Gasteiger partial charge in [0.05, 0.1) is 11.6 Å². The molecule has 0 atom stereocenters. The molecule has 0 N–H and O–H groups in total. The molecule has 0 fully saturated rings. The van der Waals surface area contributed by atoms with Crippen LogP contribution < -0.4 is 33.4 Å². The summed E-state index contributed by atoms with van der Waals surface area (Å²) in [6.45, 7) is 13.6. The molecule has 0 saturated carbocycles. The Bertz CT molecular complexity index is 2520. The van der Waals surface area contributed by atoms with Gasteiger partial charge in [-0.2, -0.15) is 0 Å². The molecule has 296 valence electrons. The molecule has 5 aromatic rings. The summed E-state index contributed by atoms with van der Waals surface area (Å²) >= 11 is 0. The predicted molar refractivity (Wildman–Crippen MR) is 229 cm³/mol. The second kappa shape index (κ2) is 18.6. The Hall–Kier alpha value is -6.48. The SMILES string of the molecule is CCN(CC)c1ccc2c(-c3ccccc3C(=O)OCCOc3cccc(OCC[n+]4ccc(-c5cc[n+](C)cc5)cc4)c3)c3ccc(=[N+](CC)CC)cc-3oc2c1. The Kier molecular flexibility index (Phi) is 12.8. The topological polar surface area (TPSA) is 71.9 Å². The van der Waals surface area contributed by atoms with Crippen molar-refractivity contribution in [1.29, 1.82) is 0 Å². The van der Waals surface area contributed by atoms with E-state index in [-0.39, 0.29) is 13.2 Å². The second-order valence-electron chi connectivity index (χ2n) is 14.1. The molecule has 0 saturated heterocycles. The van der Waals surface area contributed by atoms with E-state index in [4.69, 9.17) is 18.6 Å². The fourth-order valence-electron chi connectivity index (χ4n) is 7.39. The summed E-state index contributed by atoms with van der Waals surface area (Å²) in [7, 11) is 2.01. The van der Waals surface area contributed by atoms with Gasteiger partial charge in [-0.3, -0.25) is 0 Å². The average Bonchev–Trinajstić information content (AvgIpc) is 3.26. The van der Waals surface area contributed by atoms with Gasteiger partial charge in [-0.25, -0.2) is 18.5 Å². The Labute approximate surface area is 341 Å². The Morgan fingerprint density at radius 3 is 2.09 bits per heavy atom. The van der Waals surface area contributed by atoms with Gasteiger partial charge in [-0.15, -0.1) is 0 Å². The number of esters is 1. The molecule has 9 nitrogen and oxygen atoms in total. The lowest BCUT2D eigenvalue weighted by Crippen LogP contribution is -2.35. The van der Waals surface area contributed by atoms with Crippen LogP contribution in [0.2, 0.25) is 0 Å². The van der Waals surface area contributed by atoms with Gasteiger partial charge in [-0.05, 0) is 80.8 Å². The van der Waals surface area contributed by atoms with E-state index in [2.05, 4.69) is 115 Å². The van der Waals surface area contributed by atoms with Crippen LogP contribution >= 0.6 is 0 Å². The minimum Gasteiger partial charge on any atom is -0.490 e. The maximum atomic E-state index is 13.8. The van der Waals surface area contributed by atoms with E-state index in [0.717, 1.165) is 70.6 Å². The molecule has 58 heavy (non-hydrogen) atoms. The van der Waals surface area contributed by atoms with Gasteiger partial charge in [-0.1, -0.05) is 24.3 Å². The van der Waals surface area contributed by atoms with E-state index < -0.39 is 5.97 Å². The second-order valence-corrected chi connectivity index (χ2v) is 14.1. The predicted octanol–water partition coefficient (Wildman–Crippen LogP) is 7.96. The van der Waals surface area contributed by atoms with Crippen molar-refractivity contribution in [2.75, 3.05) is 50.9 Å². The van der Waals surface area contributed by atoms with E-state index in [0.29, 0.717) is 30.2 Å². The third-order valence-electron chi connectivity index (χ3n) is 10.6. The van der Waals surface area contributed by atoms with Gasteiger partial charge in [0.15, 0.2) is 31.3 Å². The maximum Gasteiger partial charge on any atom is 0.338 e. The van der Waals surface area contributed by atoms with Crippen LogP contribution in [0.4, 0.5) is 5.69 Å². The molecular formula is C49H53N4O5+3. The first-order valence-electron chi connectivity index (χ1n) is 20.3. The van der Waals surface area contributed by atoms with Crippen LogP contribution in [0.25, 0.3) is 44.5 Å². The number of pyridine rings is 2. The molecule has 1 aliphatic carbocycles. The molecule has 2 aliphatic rings. The highest BCUT2D eigenvalue weighted by Crippen LogP contribution is 2.42. The van der Waals surface area contributed by atoms with Gasteiger partial charge < -0.3 is 23.5 Å². The van der Waals surface area contributed by atoms with E-state index in [1.807, 2.05) is 72.5 Å². The normalized spacial score (nSPS) is 11.1. The highest BCUT2D eigenvalue weighted by molar-refractivity contribution is 6.08. The van der Waals surface area contributed by atoms with Crippen molar-refractivity contribution >= 4 is 22.6 Å². The number of carbonyl (C=O) groups excluding carboxylic acids is 1. The maximum absolute atomic E-state index is 13.8. The molecule has 3 aromatic carbocycles. The van der Waals surface area contributed by atoms with Crippen LogP contribution in [-0.2, 0) is 18.3 Å². The van der Waals surface area contributed by atoms with Crippen molar-refractivity contribution in [3.63, 3.8) is 0 Å². The number of fused-ring (bicyclic) bond motifs is 2. The van der Waals surface area contributed by atoms with Crippen molar-refractivity contribution in [3.8, 4) is 45.1 Å². The average molecular weight is 778 g/mol. The number of benzene rings is 4. The molecular weight excluding hydrogens is 725 g/mol. The number of carbonyl (C=O) groups is 1. The van der Waals surface area contributed by atoms with Gasteiger partial charge in [0.25, 0.3) is 0 Å². The Morgan fingerprint density at radius 2 is 1.38 bits per heavy atom. The molecule has 0 radical (unpaired) electrons. The molecule has 9 heteroatoms. The fourth-order valence-corrected chi connectivity index (χ4v) is 7.39. The zero-order chi connectivity index (χ0) is 40.4. The fraction of sp³-hybridized carbons (Fsp3) is 0.265. The first kappa shape index (κ1) is 39.7. The first-order chi connectivity index (χ1) is 28.4. The summed E-state index contributed by atoms with van der Waals surface area (Å²) in [4.78, 5) is 16.1. The van der Waals surface area contributed by atoms with Crippen molar-refractivity contribution in [2.45, 2.75) is 34.2 Å². The summed E-state index contributed by atoms with van der Waals surface area (Å²) in [5.74, 6) is 1.69. The smallest absolute Gasteiger partial charge is 0.338 e. The highest BCUT2D eigenvalue weighted by Gasteiger charge is 2.23. The summed E-state index contributed by atoms with van der Waals surface area (Å²) in [5.41, 5.74) is 7.33. The van der Waals surface area contributed by atoms with Gasteiger partial charge >= 0.3 is 5.97 Å². The number of rotatable bonds is 16. The van der Waals surface area contributed by atoms with Crippen molar-refractivity contribution in [3.05, 3.63) is 145 Å². The van der Waals surface area contributed by atoms with Gasteiger partial charge in [0.1, 0.15) is 62.8 Å². The number of nitrogens with zero attached hydrogens (tertiary/aromatic N) is 4. The molecule has 2 aromatic heterocycles. The van der Waals surface area contributed by atoms with Crippen molar-refractivity contribution in [1.82, 2.24) is 4.58 Å². The van der Waals surface area contributed by atoms with Crippen molar-refractivity contribution < 1.29 is 32.6 Å². The van der Waals surface area contributed by atoms with Crippen LogP contribution in [-0.4, -0.2) is 52.0 Å². The Morgan fingerprint density at radius 1 is 0.690 bits per heavy atom. The summed E-state index contributed by atoms with van der Waals surface area (Å²) in [6.07, 6.45) is 8.23. The number of anilines is 1. The molecule has 0 unspecified atom stereocenters. The van der Waals surface area contributed by atoms with E-state index in [1.165, 1.54) is 11.1 Å². The van der Waals surface area contributed by atoms with E-state index in [1.54, 1.807) is 0 Å². The molecule has 0 spiro atoms. The van der Waals surface area contributed by atoms with E-state index in [9.17, 15) is 4.79 Å². The minimum atomic E-state index is -0.415. The minimum absolute atomic E-state index is 0.0817. The van der Waals surface area contributed by atoms with Crippen LogP contribution in [0.5, 0.6) is 11.5 Å². The zero-order valence-corrected chi connectivity index (χ0v) is 34.2. The summed E-state index contributed by atoms with van der Waals surface area (Å²) < 4.78 is 31.0. The third kappa shape index (κ3) is 9.05. The van der Waals surface area contributed by atoms with E-state index >= 15 is 0 Å². The standard InChI is InChI=1S/C49H53N4O5/c1-6-52(7-2)38-17-19-44-46(33-38)58-47-34-39(53(8-3)9-4)18-20-45(47)48(44)42-15-10-11-16-43(42)49(54)57-32-31-56-41-14-12-13-40(35-41)55-30-29-51-27-23-37(24-28-51)36-21-25-50(5)26-22-36/h10-28,33-35H,6-9,29-32H2,1-5H3/q+3. The summed E-state index contributed by atoms with van der Waals surface area (Å²) in [6, 6.07) is 36.3.